The van der Waals surface area contributed by atoms with Crippen LogP contribution in [0.3, 0.4) is 0 Å². The average molecular weight is 314 g/mol. The van der Waals surface area contributed by atoms with Crippen molar-refractivity contribution in [3.63, 3.8) is 0 Å². The molecular formula is C17H18N2O2S. The molecule has 2 amide bonds. The maximum absolute atomic E-state index is 11.9. The Bertz CT molecular complexity index is 686. The summed E-state index contributed by atoms with van der Waals surface area (Å²) in [5.74, 6) is -0.151. The molecule has 0 heterocycles. The highest BCUT2D eigenvalue weighted by atomic mass is 32.2. The van der Waals surface area contributed by atoms with Crippen LogP contribution in [0.1, 0.15) is 21.5 Å². The molecule has 0 saturated carbocycles. The van der Waals surface area contributed by atoms with Gasteiger partial charge in [0.15, 0.2) is 0 Å². The van der Waals surface area contributed by atoms with E-state index in [1.165, 1.54) is 11.8 Å². The van der Waals surface area contributed by atoms with Crippen LogP contribution in [0.2, 0.25) is 0 Å². The van der Waals surface area contributed by atoms with Gasteiger partial charge in [-0.05, 0) is 36.2 Å². The highest BCUT2D eigenvalue weighted by Gasteiger charge is 2.06. The summed E-state index contributed by atoms with van der Waals surface area (Å²) in [5.41, 5.74) is 7.69. The molecule has 0 aliphatic heterocycles. The number of thioether (sulfide) groups is 1. The van der Waals surface area contributed by atoms with Crippen LogP contribution < -0.4 is 11.1 Å². The third-order valence-corrected chi connectivity index (χ3v) is 4.33. The molecule has 22 heavy (non-hydrogen) atoms. The highest BCUT2D eigenvalue weighted by molar-refractivity contribution is 8.00. The van der Waals surface area contributed by atoms with Crippen LogP contribution >= 0.6 is 11.8 Å². The van der Waals surface area contributed by atoms with Gasteiger partial charge in [-0.25, -0.2) is 0 Å². The summed E-state index contributed by atoms with van der Waals surface area (Å²) in [6.45, 7) is 2.41. The Morgan fingerprint density at radius 1 is 1.14 bits per heavy atom. The summed E-state index contributed by atoms with van der Waals surface area (Å²) >= 11 is 1.51. The largest absolute Gasteiger partial charge is 0.366 e. The van der Waals surface area contributed by atoms with E-state index in [1.54, 1.807) is 18.2 Å². The average Bonchev–Trinajstić information content (AvgIpc) is 2.52. The zero-order valence-electron chi connectivity index (χ0n) is 12.3. The molecule has 0 fully saturated rings. The number of hydrogen-bond donors (Lipinski definition) is 2. The van der Waals surface area contributed by atoms with Crippen molar-refractivity contribution in [2.24, 2.45) is 5.73 Å². The van der Waals surface area contributed by atoms with Gasteiger partial charge >= 0.3 is 0 Å². The van der Waals surface area contributed by atoms with Crippen molar-refractivity contribution in [3.05, 3.63) is 65.2 Å². The van der Waals surface area contributed by atoms with E-state index in [2.05, 4.69) is 5.32 Å². The molecule has 0 unspecified atom stereocenters. The summed E-state index contributed by atoms with van der Waals surface area (Å²) in [6, 6.07) is 14.9. The number of benzene rings is 2. The number of primary amides is 1. The number of aryl methyl sites for hydroxylation is 1. The number of hydrogen-bond acceptors (Lipinski definition) is 3. The summed E-state index contributed by atoms with van der Waals surface area (Å²) in [5, 5.41) is 2.84. The van der Waals surface area contributed by atoms with E-state index in [0.717, 1.165) is 16.0 Å². The standard InChI is InChI=1S/C17H18N2O2S/c1-12-5-2-3-8-15(12)22-11-16(20)19-10-13-6-4-7-14(9-13)17(18)21/h2-9H,10-11H2,1H3,(H2,18,21)(H,19,20). The van der Waals surface area contributed by atoms with E-state index in [1.807, 2.05) is 37.3 Å². The van der Waals surface area contributed by atoms with E-state index in [9.17, 15) is 9.59 Å². The van der Waals surface area contributed by atoms with Crippen molar-refractivity contribution in [3.8, 4) is 0 Å². The second kappa shape index (κ2) is 7.66. The van der Waals surface area contributed by atoms with Crippen LogP contribution in [0, 0.1) is 6.92 Å². The van der Waals surface area contributed by atoms with Gasteiger partial charge in [0.2, 0.25) is 11.8 Å². The molecule has 5 heteroatoms. The van der Waals surface area contributed by atoms with E-state index < -0.39 is 5.91 Å². The molecule has 2 rings (SSSR count). The van der Waals surface area contributed by atoms with Crippen molar-refractivity contribution in [2.75, 3.05) is 5.75 Å². The Hall–Kier alpha value is -2.27. The van der Waals surface area contributed by atoms with Crippen molar-refractivity contribution in [1.82, 2.24) is 5.32 Å². The van der Waals surface area contributed by atoms with Crippen LogP contribution in [0.5, 0.6) is 0 Å². The second-order valence-electron chi connectivity index (χ2n) is 4.90. The van der Waals surface area contributed by atoms with Crippen molar-refractivity contribution >= 4 is 23.6 Å². The third kappa shape index (κ3) is 4.63. The number of carbonyl (C=O) groups is 2. The van der Waals surface area contributed by atoms with Crippen LogP contribution in [0.15, 0.2) is 53.4 Å². The molecule has 2 aromatic carbocycles. The Balaban J connectivity index is 1.84. The van der Waals surface area contributed by atoms with Gasteiger partial charge in [-0.3, -0.25) is 9.59 Å². The molecule has 114 valence electrons. The second-order valence-corrected chi connectivity index (χ2v) is 5.91. The fraction of sp³-hybridized carbons (Fsp3) is 0.176. The van der Waals surface area contributed by atoms with Crippen LogP contribution in [-0.4, -0.2) is 17.6 Å². The predicted octanol–water partition coefficient (Wildman–Crippen LogP) is 2.50. The van der Waals surface area contributed by atoms with Crippen LogP contribution in [-0.2, 0) is 11.3 Å². The molecule has 0 saturated heterocycles. The maximum Gasteiger partial charge on any atom is 0.248 e. The molecule has 4 nitrogen and oxygen atoms in total. The minimum Gasteiger partial charge on any atom is -0.366 e. The summed E-state index contributed by atoms with van der Waals surface area (Å²) in [6.07, 6.45) is 0. The molecule has 0 bridgehead atoms. The molecule has 0 radical (unpaired) electrons. The van der Waals surface area contributed by atoms with E-state index in [4.69, 9.17) is 5.73 Å². The zero-order chi connectivity index (χ0) is 15.9. The lowest BCUT2D eigenvalue weighted by molar-refractivity contribution is -0.118. The summed E-state index contributed by atoms with van der Waals surface area (Å²) in [7, 11) is 0. The Morgan fingerprint density at radius 3 is 2.64 bits per heavy atom. The normalized spacial score (nSPS) is 10.2. The van der Waals surface area contributed by atoms with Gasteiger partial charge in [0.25, 0.3) is 0 Å². The number of nitrogens with two attached hydrogens (primary N) is 1. The van der Waals surface area contributed by atoms with E-state index >= 15 is 0 Å². The van der Waals surface area contributed by atoms with E-state index in [0.29, 0.717) is 17.9 Å². The van der Waals surface area contributed by atoms with Crippen LogP contribution in [0.4, 0.5) is 0 Å². The topological polar surface area (TPSA) is 72.2 Å². The minimum atomic E-state index is -0.469. The lowest BCUT2D eigenvalue weighted by Gasteiger charge is -2.07. The fourth-order valence-electron chi connectivity index (χ4n) is 1.95. The predicted molar refractivity (Wildman–Crippen MR) is 88.7 cm³/mol. The van der Waals surface area contributed by atoms with Gasteiger partial charge < -0.3 is 11.1 Å². The first-order valence-corrected chi connectivity index (χ1v) is 7.88. The summed E-state index contributed by atoms with van der Waals surface area (Å²) in [4.78, 5) is 24.1. The molecule has 0 aromatic heterocycles. The first-order chi connectivity index (χ1) is 10.6. The number of nitrogens with one attached hydrogen (secondary N) is 1. The lowest BCUT2D eigenvalue weighted by Crippen LogP contribution is -2.24. The van der Waals surface area contributed by atoms with Gasteiger partial charge in [-0.2, -0.15) is 0 Å². The Labute approximate surface area is 134 Å². The van der Waals surface area contributed by atoms with Gasteiger partial charge in [0.1, 0.15) is 0 Å². The zero-order valence-corrected chi connectivity index (χ0v) is 13.2. The number of rotatable bonds is 6. The third-order valence-electron chi connectivity index (χ3n) is 3.15. The number of amides is 2. The Morgan fingerprint density at radius 2 is 1.91 bits per heavy atom. The van der Waals surface area contributed by atoms with E-state index in [-0.39, 0.29) is 5.91 Å². The van der Waals surface area contributed by atoms with Crippen molar-refractivity contribution < 1.29 is 9.59 Å². The number of carbonyl (C=O) groups excluding carboxylic acids is 2. The first kappa shape index (κ1) is 16.1. The fourth-order valence-corrected chi connectivity index (χ4v) is 2.81. The molecule has 0 spiro atoms. The van der Waals surface area contributed by atoms with Crippen molar-refractivity contribution in [1.29, 1.82) is 0 Å². The quantitative estimate of drug-likeness (QED) is 0.805. The van der Waals surface area contributed by atoms with Crippen LogP contribution in [0.25, 0.3) is 0 Å². The molecule has 3 N–H and O–H groups in total. The molecule has 2 aromatic rings. The van der Waals surface area contributed by atoms with Gasteiger partial charge in [0.05, 0.1) is 5.75 Å². The highest BCUT2D eigenvalue weighted by Crippen LogP contribution is 2.21. The first-order valence-electron chi connectivity index (χ1n) is 6.90. The minimum absolute atomic E-state index is 0.0438. The lowest BCUT2D eigenvalue weighted by atomic mass is 10.1. The van der Waals surface area contributed by atoms with Gasteiger partial charge in [0, 0.05) is 17.0 Å². The maximum atomic E-state index is 11.9. The molecule has 0 atom stereocenters. The summed E-state index contributed by atoms with van der Waals surface area (Å²) < 4.78 is 0. The molecule has 0 aliphatic carbocycles. The Kier molecular flexibility index (Phi) is 5.61. The van der Waals surface area contributed by atoms with Gasteiger partial charge in [-0.1, -0.05) is 30.3 Å². The molecule has 0 aliphatic rings. The monoisotopic (exact) mass is 314 g/mol. The smallest absolute Gasteiger partial charge is 0.248 e. The SMILES string of the molecule is Cc1ccccc1SCC(=O)NCc1cccc(C(N)=O)c1. The van der Waals surface area contributed by atoms with Crippen molar-refractivity contribution in [2.45, 2.75) is 18.4 Å². The molecular weight excluding hydrogens is 296 g/mol. The van der Waals surface area contributed by atoms with Gasteiger partial charge in [-0.15, -0.1) is 11.8 Å².